The van der Waals surface area contributed by atoms with Crippen molar-refractivity contribution < 1.29 is 9.59 Å². The van der Waals surface area contributed by atoms with Gasteiger partial charge in [-0.15, -0.1) is 0 Å². The zero-order chi connectivity index (χ0) is 19.6. The fourth-order valence-corrected chi connectivity index (χ4v) is 4.17. The first-order chi connectivity index (χ1) is 12.9. The Morgan fingerprint density at radius 2 is 1.07 bits per heavy atom. The molecule has 2 amide bonds. The number of fused-ring (bicyclic) bond motifs is 3. The molecule has 2 aromatic carbocycles. The number of carbonyl (C=O) groups is 2. The molecule has 0 N–H and O–H groups in total. The second-order valence-electron chi connectivity index (χ2n) is 7.75. The molecule has 2 aromatic rings. The molecule has 0 radical (unpaired) electrons. The lowest BCUT2D eigenvalue weighted by molar-refractivity contribution is -0.129. The molecule has 0 aromatic heterocycles. The Morgan fingerprint density at radius 1 is 0.704 bits per heavy atom. The monoisotopic (exact) mass is 364 g/mol. The molecule has 0 spiro atoms. The minimum atomic E-state index is -0.301. The van der Waals surface area contributed by atoms with Gasteiger partial charge in [0.1, 0.15) is 0 Å². The van der Waals surface area contributed by atoms with Gasteiger partial charge in [0, 0.05) is 46.4 Å². The van der Waals surface area contributed by atoms with Crippen LogP contribution in [-0.2, 0) is 15.0 Å². The third-order valence-electron chi connectivity index (χ3n) is 5.70. The van der Waals surface area contributed by atoms with Crippen molar-refractivity contribution in [1.82, 2.24) is 9.80 Å². The predicted octanol–water partition coefficient (Wildman–Crippen LogP) is 3.69. The van der Waals surface area contributed by atoms with Crippen molar-refractivity contribution in [2.45, 2.75) is 31.1 Å². The van der Waals surface area contributed by atoms with Gasteiger partial charge < -0.3 is 9.80 Å². The zero-order valence-electron chi connectivity index (χ0n) is 16.7. The maximum atomic E-state index is 12.4. The smallest absolute Gasteiger partial charge is 0.222 e. The van der Waals surface area contributed by atoms with E-state index in [-0.39, 0.29) is 17.2 Å². The van der Waals surface area contributed by atoms with Crippen LogP contribution in [0.4, 0.5) is 0 Å². The Hall–Kier alpha value is -2.62. The van der Waals surface area contributed by atoms with Crippen LogP contribution in [0.25, 0.3) is 11.1 Å². The van der Waals surface area contributed by atoms with Crippen LogP contribution in [0.2, 0.25) is 0 Å². The van der Waals surface area contributed by atoms with Crippen molar-refractivity contribution in [2.75, 3.05) is 28.2 Å². The number of benzene rings is 2. The average molecular weight is 364 g/mol. The molecule has 3 rings (SSSR count). The van der Waals surface area contributed by atoms with Crippen LogP contribution < -0.4 is 0 Å². The van der Waals surface area contributed by atoms with E-state index >= 15 is 0 Å². The Labute approximate surface area is 161 Å². The first-order valence-corrected chi connectivity index (χ1v) is 9.46. The van der Waals surface area contributed by atoms with Crippen molar-refractivity contribution in [3.8, 4) is 11.1 Å². The van der Waals surface area contributed by atoms with Gasteiger partial charge in [0.25, 0.3) is 0 Å². The Bertz CT molecular complexity index is 783. The number of nitrogens with zero attached hydrogens (tertiary/aromatic N) is 2. The summed E-state index contributed by atoms with van der Waals surface area (Å²) in [7, 11) is 7.17. The van der Waals surface area contributed by atoms with E-state index in [2.05, 4.69) is 48.5 Å². The van der Waals surface area contributed by atoms with Crippen LogP contribution in [0.5, 0.6) is 0 Å². The summed E-state index contributed by atoms with van der Waals surface area (Å²) in [5, 5.41) is 0. The van der Waals surface area contributed by atoms with E-state index in [1.807, 2.05) is 0 Å². The number of hydrogen-bond acceptors (Lipinski definition) is 2. The van der Waals surface area contributed by atoms with E-state index in [4.69, 9.17) is 0 Å². The second-order valence-corrected chi connectivity index (χ2v) is 7.75. The third kappa shape index (κ3) is 3.48. The van der Waals surface area contributed by atoms with Gasteiger partial charge in [0.15, 0.2) is 0 Å². The van der Waals surface area contributed by atoms with Gasteiger partial charge in [-0.1, -0.05) is 48.5 Å². The molecule has 27 heavy (non-hydrogen) atoms. The first kappa shape index (κ1) is 19.2. The van der Waals surface area contributed by atoms with E-state index < -0.39 is 0 Å². The molecule has 142 valence electrons. The SMILES string of the molecule is CN(C)C(=O)CCC1(CCC(=O)N(C)C)c2ccccc2-c2ccccc21. The van der Waals surface area contributed by atoms with E-state index in [9.17, 15) is 9.59 Å². The average Bonchev–Trinajstić information content (AvgIpc) is 2.95. The summed E-state index contributed by atoms with van der Waals surface area (Å²) in [5.41, 5.74) is 4.63. The zero-order valence-corrected chi connectivity index (χ0v) is 16.7. The lowest BCUT2D eigenvalue weighted by atomic mass is 9.71. The molecule has 0 heterocycles. The highest BCUT2D eigenvalue weighted by Crippen LogP contribution is 2.53. The van der Waals surface area contributed by atoms with Crippen LogP contribution in [0, 0.1) is 0 Å². The molecule has 1 aliphatic carbocycles. The number of amides is 2. The van der Waals surface area contributed by atoms with Gasteiger partial charge in [0.2, 0.25) is 11.8 Å². The third-order valence-corrected chi connectivity index (χ3v) is 5.70. The summed E-state index contributed by atoms with van der Waals surface area (Å²) in [4.78, 5) is 28.0. The highest BCUT2D eigenvalue weighted by molar-refractivity contribution is 5.83. The topological polar surface area (TPSA) is 40.6 Å². The lowest BCUT2D eigenvalue weighted by Gasteiger charge is -2.33. The summed E-state index contributed by atoms with van der Waals surface area (Å²) in [6.45, 7) is 0. The summed E-state index contributed by atoms with van der Waals surface area (Å²) >= 11 is 0. The van der Waals surface area contributed by atoms with Crippen LogP contribution >= 0.6 is 0 Å². The molecule has 0 atom stereocenters. The molecule has 4 heteroatoms. The first-order valence-electron chi connectivity index (χ1n) is 9.46. The van der Waals surface area contributed by atoms with Crippen LogP contribution in [0.3, 0.4) is 0 Å². The highest BCUT2D eigenvalue weighted by atomic mass is 16.2. The molecule has 0 bridgehead atoms. The highest BCUT2D eigenvalue weighted by Gasteiger charge is 2.43. The fourth-order valence-electron chi connectivity index (χ4n) is 4.17. The van der Waals surface area contributed by atoms with Gasteiger partial charge in [-0.2, -0.15) is 0 Å². The van der Waals surface area contributed by atoms with E-state index in [0.29, 0.717) is 25.7 Å². The quantitative estimate of drug-likeness (QED) is 0.784. The molecular weight excluding hydrogens is 336 g/mol. The standard InChI is InChI=1S/C23H28N2O2/c1-24(2)21(26)13-15-23(16-14-22(27)25(3)4)19-11-7-5-9-17(19)18-10-6-8-12-20(18)23/h5-12H,13-16H2,1-4H3. The van der Waals surface area contributed by atoms with Gasteiger partial charge in [0.05, 0.1) is 0 Å². The Balaban J connectivity index is 2.06. The van der Waals surface area contributed by atoms with E-state index in [1.165, 1.54) is 22.3 Å². The van der Waals surface area contributed by atoms with Crippen LogP contribution in [0.1, 0.15) is 36.8 Å². The second kappa shape index (κ2) is 7.55. The van der Waals surface area contributed by atoms with E-state index in [1.54, 1.807) is 38.0 Å². The van der Waals surface area contributed by atoms with Crippen molar-refractivity contribution in [1.29, 1.82) is 0 Å². The Kier molecular flexibility index (Phi) is 5.36. The van der Waals surface area contributed by atoms with Gasteiger partial charge in [-0.25, -0.2) is 0 Å². The van der Waals surface area contributed by atoms with Crippen molar-refractivity contribution in [3.05, 3.63) is 59.7 Å². The molecule has 0 unspecified atom stereocenters. The predicted molar refractivity (Wildman–Crippen MR) is 109 cm³/mol. The van der Waals surface area contributed by atoms with Gasteiger partial charge in [-0.3, -0.25) is 9.59 Å². The minimum absolute atomic E-state index is 0.121. The summed E-state index contributed by atoms with van der Waals surface area (Å²) in [5.74, 6) is 0.241. The molecule has 0 saturated carbocycles. The summed E-state index contributed by atoms with van der Waals surface area (Å²) in [6.07, 6.45) is 2.34. The lowest BCUT2D eigenvalue weighted by Crippen LogP contribution is -2.32. The molecular formula is C23H28N2O2. The number of hydrogen-bond donors (Lipinski definition) is 0. The molecule has 0 fully saturated rings. The van der Waals surface area contributed by atoms with Crippen molar-refractivity contribution in [2.24, 2.45) is 0 Å². The minimum Gasteiger partial charge on any atom is -0.349 e. The molecule has 1 aliphatic rings. The van der Waals surface area contributed by atoms with Crippen LogP contribution in [-0.4, -0.2) is 49.8 Å². The maximum Gasteiger partial charge on any atom is 0.222 e. The van der Waals surface area contributed by atoms with Gasteiger partial charge >= 0.3 is 0 Å². The van der Waals surface area contributed by atoms with Gasteiger partial charge in [-0.05, 0) is 35.1 Å². The summed E-state index contributed by atoms with van der Waals surface area (Å²) < 4.78 is 0. The van der Waals surface area contributed by atoms with Crippen molar-refractivity contribution >= 4 is 11.8 Å². The normalized spacial score (nSPS) is 13.6. The number of rotatable bonds is 6. The molecule has 0 aliphatic heterocycles. The fraction of sp³-hybridized carbons (Fsp3) is 0.391. The van der Waals surface area contributed by atoms with E-state index in [0.717, 1.165) is 0 Å². The number of carbonyl (C=O) groups excluding carboxylic acids is 2. The molecule has 4 nitrogen and oxygen atoms in total. The van der Waals surface area contributed by atoms with Crippen molar-refractivity contribution in [3.63, 3.8) is 0 Å². The Morgan fingerprint density at radius 3 is 1.44 bits per heavy atom. The molecule has 0 saturated heterocycles. The van der Waals surface area contributed by atoms with Crippen LogP contribution in [0.15, 0.2) is 48.5 Å². The largest absolute Gasteiger partial charge is 0.349 e. The maximum absolute atomic E-state index is 12.4. The summed E-state index contributed by atoms with van der Waals surface area (Å²) in [6, 6.07) is 16.9.